The molecule has 0 spiro atoms. The van der Waals surface area contributed by atoms with Gasteiger partial charge in [0.1, 0.15) is 5.54 Å². The lowest BCUT2D eigenvalue weighted by atomic mass is 9.75. The molecule has 0 bridgehead atoms. The van der Waals surface area contributed by atoms with Crippen LogP contribution in [0.2, 0.25) is 6.32 Å². The molecular weight excluding hydrogens is 360 g/mol. The second-order valence-electron chi connectivity index (χ2n) is 6.46. The summed E-state index contributed by atoms with van der Waals surface area (Å²) in [6, 6.07) is -0.264. The highest BCUT2D eigenvalue weighted by Gasteiger charge is 2.45. The molecule has 3 atom stereocenters. The van der Waals surface area contributed by atoms with Gasteiger partial charge in [0, 0.05) is 13.1 Å². The molecule has 0 radical (unpaired) electrons. The molecule has 8 nitrogen and oxygen atoms in total. The van der Waals surface area contributed by atoms with Gasteiger partial charge in [0.25, 0.3) is 0 Å². The lowest BCUT2D eigenvalue weighted by Crippen LogP contribution is -2.64. The Hall–Kier alpha value is -0.575. The van der Waals surface area contributed by atoms with E-state index in [1.54, 1.807) is 0 Å². The standard InChI is InChI=1S/C13H24BN3O5.2ClH/c15-13(12(19)20)6-9(3-4-14(21)22)7-17(8-13)11(18)10-2-1-5-16-10;;/h9-10,16,21-22H,1-8,15H2,(H,19,20);2*1H/t9-,10-,13+;;/m0../s1. The summed E-state index contributed by atoms with van der Waals surface area (Å²) in [5, 5.41) is 30.5. The van der Waals surface area contributed by atoms with E-state index in [-0.39, 0.29) is 62.0 Å². The van der Waals surface area contributed by atoms with Gasteiger partial charge >= 0.3 is 13.1 Å². The van der Waals surface area contributed by atoms with E-state index in [4.69, 9.17) is 15.8 Å². The number of aliphatic carboxylic acids is 1. The maximum Gasteiger partial charge on any atom is 0.451 e. The quantitative estimate of drug-likeness (QED) is 0.386. The smallest absolute Gasteiger partial charge is 0.451 e. The summed E-state index contributed by atoms with van der Waals surface area (Å²) in [7, 11) is -1.43. The van der Waals surface area contributed by atoms with E-state index in [0.717, 1.165) is 19.4 Å². The number of nitrogens with two attached hydrogens (primary N) is 1. The molecule has 140 valence electrons. The summed E-state index contributed by atoms with van der Waals surface area (Å²) < 4.78 is 0. The van der Waals surface area contributed by atoms with Gasteiger partial charge in [-0.3, -0.25) is 9.59 Å². The zero-order valence-corrected chi connectivity index (χ0v) is 15.0. The Balaban J connectivity index is 0.00000264. The van der Waals surface area contributed by atoms with Crippen LogP contribution in [-0.2, 0) is 9.59 Å². The topological polar surface area (TPSA) is 136 Å². The molecule has 2 heterocycles. The number of piperidine rings is 1. The van der Waals surface area contributed by atoms with E-state index in [2.05, 4.69) is 5.32 Å². The van der Waals surface area contributed by atoms with E-state index in [1.807, 2.05) is 0 Å². The first kappa shape index (κ1) is 23.4. The molecule has 2 saturated heterocycles. The van der Waals surface area contributed by atoms with Crippen LogP contribution in [-0.4, -0.2) is 70.3 Å². The van der Waals surface area contributed by atoms with Crippen LogP contribution in [0.1, 0.15) is 25.7 Å². The number of likely N-dealkylation sites (tertiary alicyclic amines) is 1. The molecule has 2 fully saturated rings. The number of amides is 1. The Morgan fingerprint density at radius 1 is 1.33 bits per heavy atom. The van der Waals surface area contributed by atoms with Crippen molar-refractivity contribution >= 4 is 43.8 Å². The summed E-state index contributed by atoms with van der Waals surface area (Å²) in [5.41, 5.74) is 4.51. The minimum absolute atomic E-state index is 0. The average molecular weight is 386 g/mol. The summed E-state index contributed by atoms with van der Waals surface area (Å²) in [4.78, 5) is 25.5. The minimum Gasteiger partial charge on any atom is -0.480 e. The zero-order chi connectivity index (χ0) is 16.3. The largest absolute Gasteiger partial charge is 0.480 e. The van der Waals surface area contributed by atoms with Gasteiger partial charge in [-0.05, 0) is 38.0 Å². The second-order valence-corrected chi connectivity index (χ2v) is 6.46. The fourth-order valence-electron chi connectivity index (χ4n) is 3.38. The van der Waals surface area contributed by atoms with Crippen LogP contribution >= 0.6 is 24.8 Å². The number of carboxylic acids is 1. The van der Waals surface area contributed by atoms with Crippen molar-refractivity contribution in [3.05, 3.63) is 0 Å². The molecular formula is C13H26BCl2N3O5. The van der Waals surface area contributed by atoms with Gasteiger partial charge in [-0.15, -0.1) is 24.8 Å². The number of halogens is 2. The first-order valence-electron chi connectivity index (χ1n) is 7.72. The minimum atomic E-state index is -1.47. The number of hydrogen-bond donors (Lipinski definition) is 5. The average Bonchev–Trinajstić information content (AvgIpc) is 2.97. The number of carbonyl (C=O) groups excluding carboxylic acids is 1. The number of carboxylic acid groups (broad SMARTS) is 1. The fraction of sp³-hybridized carbons (Fsp3) is 0.846. The predicted molar refractivity (Wildman–Crippen MR) is 94.4 cm³/mol. The summed E-state index contributed by atoms with van der Waals surface area (Å²) in [6.45, 7) is 1.20. The second kappa shape index (κ2) is 9.79. The van der Waals surface area contributed by atoms with Crippen molar-refractivity contribution in [3.8, 4) is 0 Å². The maximum absolute atomic E-state index is 12.5. The van der Waals surface area contributed by atoms with Crippen LogP contribution in [0.4, 0.5) is 0 Å². The monoisotopic (exact) mass is 385 g/mol. The molecule has 0 aromatic rings. The van der Waals surface area contributed by atoms with E-state index in [9.17, 15) is 14.7 Å². The molecule has 2 aliphatic heterocycles. The summed E-state index contributed by atoms with van der Waals surface area (Å²) in [6.07, 6.45) is 2.48. The van der Waals surface area contributed by atoms with E-state index in [1.165, 1.54) is 4.90 Å². The molecule has 0 aliphatic carbocycles. The zero-order valence-electron chi connectivity index (χ0n) is 13.4. The third kappa shape index (κ3) is 5.75. The number of carbonyl (C=O) groups is 2. The molecule has 6 N–H and O–H groups in total. The molecule has 0 aromatic heterocycles. The van der Waals surface area contributed by atoms with Crippen LogP contribution in [0, 0.1) is 5.92 Å². The Bertz CT molecular complexity index is 440. The molecule has 2 aliphatic rings. The van der Waals surface area contributed by atoms with E-state index in [0.29, 0.717) is 13.0 Å². The van der Waals surface area contributed by atoms with Crippen molar-refractivity contribution in [1.29, 1.82) is 0 Å². The van der Waals surface area contributed by atoms with Gasteiger partial charge in [-0.1, -0.05) is 6.42 Å². The molecule has 2 rings (SSSR count). The van der Waals surface area contributed by atoms with Gasteiger partial charge in [-0.25, -0.2) is 0 Å². The van der Waals surface area contributed by atoms with Crippen LogP contribution in [0.5, 0.6) is 0 Å². The first-order chi connectivity index (χ1) is 10.3. The number of rotatable bonds is 5. The lowest BCUT2D eigenvalue weighted by Gasteiger charge is -2.42. The molecule has 1 amide bonds. The van der Waals surface area contributed by atoms with Gasteiger partial charge < -0.3 is 31.1 Å². The normalized spacial score (nSPS) is 29.4. The van der Waals surface area contributed by atoms with Gasteiger partial charge in [0.15, 0.2) is 0 Å². The predicted octanol–water partition coefficient (Wildman–Crippen LogP) is -0.924. The van der Waals surface area contributed by atoms with Crippen LogP contribution in [0.15, 0.2) is 0 Å². The van der Waals surface area contributed by atoms with Crippen molar-refractivity contribution in [2.45, 2.75) is 43.6 Å². The highest BCUT2D eigenvalue weighted by atomic mass is 35.5. The molecule has 11 heteroatoms. The molecule has 24 heavy (non-hydrogen) atoms. The number of nitrogens with zero attached hydrogens (tertiary/aromatic N) is 1. The number of hydrogen-bond acceptors (Lipinski definition) is 6. The Morgan fingerprint density at radius 3 is 2.50 bits per heavy atom. The van der Waals surface area contributed by atoms with Crippen LogP contribution < -0.4 is 11.1 Å². The van der Waals surface area contributed by atoms with Crippen molar-refractivity contribution < 1.29 is 24.7 Å². The van der Waals surface area contributed by atoms with Crippen LogP contribution in [0.3, 0.4) is 0 Å². The number of nitrogens with one attached hydrogen (secondary N) is 1. The van der Waals surface area contributed by atoms with E-state index >= 15 is 0 Å². The molecule has 0 unspecified atom stereocenters. The van der Waals surface area contributed by atoms with Crippen molar-refractivity contribution in [3.63, 3.8) is 0 Å². The maximum atomic E-state index is 12.5. The van der Waals surface area contributed by atoms with Crippen molar-refractivity contribution in [2.75, 3.05) is 19.6 Å². The lowest BCUT2D eigenvalue weighted by molar-refractivity contribution is -0.149. The Morgan fingerprint density at radius 2 is 2.00 bits per heavy atom. The van der Waals surface area contributed by atoms with Gasteiger partial charge in [0.05, 0.1) is 6.04 Å². The van der Waals surface area contributed by atoms with Crippen LogP contribution in [0.25, 0.3) is 0 Å². The third-order valence-electron chi connectivity index (χ3n) is 4.53. The molecule has 0 saturated carbocycles. The van der Waals surface area contributed by atoms with Gasteiger partial charge in [0.2, 0.25) is 5.91 Å². The highest BCUT2D eigenvalue weighted by Crippen LogP contribution is 2.28. The fourth-order valence-corrected chi connectivity index (χ4v) is 3.38. The molecule has 0 aromatic carbocycles. The Labute approximate surface area is 154 Å². The summed E-state index contributed by atoms with van der Waals surface area (Å²) >= 11 is 0. The third-order valence-corrected chi connectivity index (χ3v) is 4.53. The first-order valence-corrected chi connectivity index (χ1v) is 7.72. The van der Waals surface area contributed by atoms with Crippen molar-refractivity contribution in [1.82, 2.24) is 10.2 Å². The SMILES string of the molecule is Cl.Cl.N[C@]1(C(=O)O)C[C@H](CCB(O)O)CN(C(=O)[C@@H]2CCCN2)C1. The highest BCUT2D eigenvalue weighted by molar-refractivity contribution is 6.40. The summed E-state index contributed by atoms with van der Waals surface area (Å²) in [5.74, 6) is -1.39. The Kier molecular flexibility index (Phi) is 9.56. The van der Waals surface area contributed by atoms with E-state index < -0.39 is 18.6 Å². The van der Waals surface area contributed by atoms with Crippen molar-refractivity contribution in [2.24, 2.45) is 11.7 Å². The van der Waals surface area contributed by atoms with Gasteiger partial charge in [-0.2, -0.15) is 0 Å².